The Balaban J connectivity index is 0.000000810. The van der Waals surface area contributed by atoms with Crippen LogP contribution in [0.3, 0.4) is 0 Å². The quantitative estimate of drug-likeness (QED) is 0.350. The molecule has 10 heavy (non-hydrogen) atoms. The van der Waals surface area contributed by atoms with Crippen LogP contribution in [-0.2, 0) is 9.59 Å². The van der Waals surface area contributed by atoms with Crippen molar-refractivity contribution >= 4 is 41.3 Å². The second kappa shape index (κ2) is 4.08. The summed E-state index contributed by atoms with van der Waals surface area (Å²) in [4.78, 5) is 20.7. The summed E-state index contributed by atoms with van der Waals surface area (Å²) in [6, 6.07) is -0.940. The van der Waals surface area contributed by atoms with Gasteiger partial charge in [0, 0.05) is 13.0 Å². The average molecular weight is 153 g/mol. The van der Waals surface area contributed by atoms with Crippen LogP contribution in [0.15, 0.2) is 0 Å². The molecule has 52 valence electrons. The van der Waals surface area contributed by atoms with Gasteiger partial charge in [-0.1, -0.05) is 0 Å². The van der Waals surface area contributed by atoms with Gasteiger partial charge in [0.15, 0.2) is 11.8 Å². The first-order valence-electron chi connectivity index (χ1n) is 2.70. The van der Waals surface area contributed by atoms with E-state index in [4.69, 9.17) is 5.11 Å². The van der Waals surface area contributed by atoms with Crippen molar-refractivity contribution in [3.8, 4) is 0 Å². The molecule has 0 aromatic heterocycles. The first kappa shape index (κ1) is 10.1. The second-order valence-electron chi connectivity index (χ2n) is 1.94. The molecule has 1 aliphatic rings. The van der Waals surface area contributed by atoms with Gasteiger partial charge in [-0.25, -0.2) is 0 Å². The van der Waals surface area contributed by atoms with Crippen LogP contribution >= 0.6 is 0 Å². The number of Topliss-reactive ketones (excluding diaryl/α,β-unsaturated/α-hetero) is 1. The van der Waals surface area contributed by atoms with E-state index in [2.05, 4.69) is 5.32 Å². The number of nitrogens with one attached hydrogen (secondary N) is 1. The van der Waals surface area contributed by atoms with Gasteiger partial charge in [-0.2, -0.15) is 0 Å². The number of carbonyl (C=O) groups excluding carboxylic acids is 1. The summed E-state index contributed by atoms with van der Waals surface area (Å²) < 4.78 is 0. The van der Waals surface area contributed by atoms with Crippen LogP contribution in [-0.4, -0.2) is 59.0 Å². The van der Waals surface area contributed by atoms with Gasteiger partial charge in [-0.15, -0.1) is 0 Å². The fraction of sp³-hybridized carbons (Fsp3) is 0.600. The first-order chi connectivity index (χ1) is 4.22. The molecule has 1 aliphatic heterocycles. The number of carbonyl (C=O) groups is 2. The Morgan fingerprint density at radius 2 is 2.30 bits per heavy atom. The van der Waals surface area contributed by atoms with Crippen LogP contribution in [0.1, 0.15) is 6.42 Å². The van der Waals surface area contributed by atoms with E-state index in [1.165, 1.54) is 0 Å². The fourth-order valence-electron chi connectivity index (χ4n) is 0.823. The van der Waals surface area contributed by atoms with Crippen molar-refractivity contribution in [3.63, 3.8) is 0 Å². The van der Waals surface area contributed by atoms with E-state index in [-0.39, 0.29) is 35.3 Å². The van der Waals surface area contributed by atoms with Gasteiger partial charge < -0.3 is 5.11 Å². The van der Waals surface area contributed by atoms with Crippen LogP contribution in [0.4, 0.5) is 0 Å². The van der Waals surface area contributed by atoms with Gasteiger partial charge in [0.05, 0.1) is 0 Å². The maximum absolute atomic E-state index is 10.6. The Bertz CT molecular complexity index is 159. The van der Waals surface area contributed by atoms with E-state index in [9.17, 15) is 9.59 Å². The number of carboxylic acid groups (broad SMARTS) is 1. The zero-order valence-corrected chi connectivity index (χ0v) is 4.76. The molecule has 5 heteroatoms. The summed E-state index contributed by atoms with van der Waals surface area (Å²) in [7, 11) is 0. The summed E-state index contributed by atoms with van der Waals surface area (Å²) in [6.07, 6.45) is 0.344. The predicted molar refractivity (Wildman–Crippen MR) is 36.2 cm³/mol. The third-order valence-corrected chi connectivity index (χ3v) is 1.29. The number of rotatable bonds is 1. The molecule has 2 N–H and O–H groups in total. The average Bonchev–Trinajstić information content (AvgIpc) is 2.13. The van der Waals surface area contributed by atoms with Crippen molar-refractivity contribution < 1.29 is 14.7 Å². The molecule has 0 aliphatic carbocycles. The molecule has 0 aromatic carbocycles. The molecule has 1 atom stereocenters. The molecular weight excluding hydrogens is 145 g/mol. The zero-order valence-electron chi connectivity index (χ0n) is 4.76. The molecule has 1 rings (SSSR count). The van der Waals surface area contributed by atoms with E-state index in [1.54, 1.807) is 0 Å². The van der Waals surface area contributed by atoms with Gasteiger partial charge in [0.1, 0.15) is 0 Å². The van der Waals surface area contributed by atoms with E-state index in [0.717, 1.165) is 0 Å². The Hall–Kier alpha value is 0.1000. The minimum atomic E-state index is -1.07. The summed E-state index contributed by atoms with van der Waals surface area (Å²) in [5, 5.41) is 10.9. The molecule has 1 heterocycles. The third kappa shape index (κ3) is 2.05. The Morgan fingerprint density at radius 3 is 2.50 bits per heavy atom. The van der Waals surface area contributed by atoms with Crippen molar-refractivity contribution in [2.75, 3.05) is 6.54 Å². The van der Waals surface area contributed by atoms with Crippen molar-refractivity contribution in [1.82, 2.24) is 5.32 Å². The Kier molecular flexibility index (Phi) is 4.12. The SMILES string of the molecule is O=C(O)C1NCCC1=O.[NaH]. The van der Waals surface area contributed by atoms with Crippen LogP contribution in [0, 0.1) is 0 Å². The van der Waals surface area contributed by atoms with Crippen LogP contribution in [0.5, 0.6) is 0 Å². The van der Waals surface area contributed by atoms with E-state index >= 15 is 0 Å². The summed E-state index contributed by atoms with van der Waals surface area (Å²) in [5.41, 5.74) is 0. The molecule has 1 saturated heterocycles. The summed E-state index contributed by atoms with van der Waals surface area (Å²) in [5.74, 6) is -1.29. The molecule has 1 unspecified atom stereocenters. The monoisotopic (exact) mass is 153 g/mol. The molecule has 0 amide bonds. The molecule has 0 spiro atoms. The normalized spacial score (nSPS) is 24.0. The molecule has 1 fully saturated rings. The standard InChI is InChI=1S/C5H7NO3.Na.H/c7-3-1-2-6-4(3)5(8)9;;/h4,6H,1-2H2,(H,8,9);;. The van der Waals surface area contributed by atoms with E-state index in [0.29, 0.717) is 13.0 Å². The number of carboxylic acids is 1. The topological polar surface area (TPSA) is 66.4 Å². The molecule has 0 saturated carbocycles. The van der Waals surface area contributed by atoms with Crippen LogP contribution in [0.2, 0.25) is 0 Å². The number of aliphatic carboxylic acids is 1. The number of hydrogen-bond donors (Lipinski definition) is 2. The van der Waals surface area contributed by atoms with Gasteiger partial charge in [-0.3, -0.25) is 14.9 Å². The van der Waals surface area contributed by atoms with Crippen molar-refractivity contribution in [3.05, 3.63) is 0 Å². The molecule has 0 radical (unpaired) electrons. The number of hydrogen-bond acceptors (Lipinski definition) is 3. The summed E-state index contributed by atoms with van der Waals surface area (Å²) >= 11 is 0. The second-order valence-corrected chi connectivity index (χ2v) is 1.94. The van der Waals surface area contributed by atoms with Crippen LogP contribution < -0.4 is 5.32 Å². The molecule has 0 aromatic rings. The maximum atomic E-state index is 10.6. The van der Waals surface area contributed by atoms with Crippen molar-refractivity contribution in [2.24, 2.45) is 0 Å². The van der Waals surface area contributed by atoms with Gasteiger partial charge >= 0.3 is 35.5 Å². The predicted octanol–water partition coefficient (Wildman–Crippen LogP) is -1.65. The molecule has 4 nitrogen and oxygen atoms in total. The Morgan fingerprint density at radius 1 is 1.70 bits per heavy atom. The minimum absolute atomic E-state index is 0. The summed E-state index contributed by atoms with van der Waals surface area (Å²) in [6.45, 7) is 0.496. The third-order valence-electron chi connectivity index (χ3n) is 1.29. The van der Waals surface area contributed by atoms with Crippen molar-refractivity contribution in [1.29, 1.82) is 0 Å². The van der Waals surface area contributed by atoms with Gasteiger partial charge in [0.2, 0.25) is 0 Å². The zero-order chi connectivity index (χ0) is 6.85. The van der Waals surface area contributed by atoms with Crippen molar-refractivity contribution in [2.45, 2.75) is 12.5 Å². The molecular formula is C5H8NNaO3. The van der Waals surface area contributed by atoms with Gasteiger partial charge in [0.25, 0.3) is 0 Å². The van der Waals surface area contributed by atoms with Crippen LogP contribution in [0.25, 0.3) is 0 Å². The van der Waals surface area contributed by atoms with Gasteiger partial charge in [-0.05, 0) is 0 Å². The Labute approximate surface area is 80.3 Å². The van der Waals surface area contributed by atoms with E-state index < -0.39 is 12.0 Å². The fourth-order valence-corrected chi connectivity index (χ4v) is 0.823. The first-order valence-corrected chi connectivity index (χ1v) is 2.70. The van der Waals surface area contributed by atoms with E-state index in [1.807, 2.05) is 0 Å². The number of ketones is 1. The molecule has 0 bridgehead atoms.